The average molecular weight is 349 g/mol. The van der Waals surface area contributed by atoms with Crippen LogP contribution in [0, 0.1) is 0 Å². The molecule has 0 amide bonds. The van der Waals surface area contributed by atoms with Gasteiger partial charge < -0.3 is 5.11 Å². The summed E-state index contributed by atoms with van der Waals surface area (Å²) in [5, 5.41) is 14.1. The summed E-state index contributed by atoms with van der Waals surface area (Å²) >= 11 is 13.4. The molecule has 0 atom stereocenters. The van der Waals surface area contributed by atoms with E-state index in [-0.39, 0.29) is 6.42 Å². The third-order valence-electron chi connectivity index (χ3n) is 3.79. The average Bonchev–Trinajstić information content (AvgIpc) is 2.50. The van der Waals surface area contributed by atoms with Crippen LogP contribution in [0.4, 0.5) is 0 Å². The van der Waals surface area contributed by atoms with Gasteiger partial charge in [0.25, 0.3) is 6.69 Å². The molecule has 0 radical (unpaired) electrons. The zero-order chi connectivity index (χ0) is 15.7. The van der Waals surface area contributed by atoms with Crippen molar-refractivity contribution in [2.45, 2.75) is 12.5 Å². The molecule has 112 valence electrons. The van der Waals surface area contributed by atoms with Crippen LogP contribution in [0.25, 0.3) is 21.5 Å². The molecule has 0 saturated carbocycles. The summed E-state index contributed by atoms with van der Waals surface area (Å²) in [6, 6.07) is 18.3. The number of hydrogen-bond acceptors (Lipinski definition) is 1. The first kappa shape index (κ1) is 15.3. The van der Waals surface area contributed by atoms with E-state index < -0.39 is 12.7 Å². The molecule has 0 unspecified atom stereocenters. The molecule has 0 aliphatic rings. The van der Waals surface area contributed by atoms with Crippen molar-refractivity contribution < 1.29 is 9.90 Å². The van der Waals surface area contributed by atoms with Crippen molar-refractivity contribution in [2.75, 3.05) is 0 Å². The minimum Gasteiger partial charge on any atom is -0.481 e. The Morgan fingerprint density at radius 1 is 0.955 bits per heavy atom. The predicted octanol–water partition coefficient (Wildman–Crippen LogP) is 4.59. The summed E-state index contributed by atoms with van der Waals surface area (Å²) in [5.74, 6) is -0.872. The van der Waals surface area contributed by atoms with Crippen LogP contribution in [-0.2, 0) is 4.79 Å². The highest BCUT2D eigenvalue weighted by Crippen LogP contribution is 2.31. The van der Waals surface area contributed by atoms with Crippen molar-refractivity contribution in [3.05, 3.63) is 54.6 Å². The van der Waals surface area contributed by atoms with Gasteiger partial charge in [-0.15, -0.1) is 22.2 Å². The highest BCUT2D eigenvalue weighted by atomic mass is 35.7. The first-order chi connectivity index (χ1) is 10.5. The molecular weight excluding hydrogens is 335 g/mol. The van der Waals surface area contributed by atoms with Gasteiger partial charge in [0.1, 0.15) is 0 Å². The normalized spacial score (nSPS) is 11.9. The number of rotatable bonds is 4. The third kappa shape index (κ3) is 2.84. The maximum absolute atomic E-state index is 10.9. The largest absolute Gasteiger partial charge is 0.481 e. The summed E-state index contributed by atoms with van der Waals surface area (Å²) in [6.07, 6.45) is -0.0171. The Bertz CT molecular complexity index is 808. The Labute approximate surface area is 138 Å². The van der Waals surface area contributed by atoms with E-state index >= 15 is 0 Å². The number of hydrogen-bond donors (Lipinski definition) is 1. The molecule has 3 aromatic carbocycles. The number of carboxylic acids is 1. The highest BCUT2D eigenvalue weighted by molar-refractivity contribution is 7.51. The van der Waals surface area contributed by atoms with Crippen LogP contribution in [0.15, 0.2) is 54.6 Å². The second kappa shape index (κ2) is 5.92. The van der Waals surface area contributed by atoms with Crippen LogP contribution < -0.4 is 5.19 Å². The first-order valence-corrected chi connectivity index (χ1v) is 11.2. The van der Waals surface area contributed by atoms with Crippen LogP contribution in [0.5, 0.6) is 0 Å². The molecule has 0 spiro atoms. The lowest BCUT2D eigenvalue weighted by Gasteiger charge is -2.21. The van der Waals surface area contributed by atoms with Crippen molar-refractivity contribution in [3.63, 3.8) is 0 Å². The van der Waals surface area contributed by atoms with Crippen LogP contribution in [0.1, 0.15) is 6.42 Å². The first-order valence-electron chi connectivity index (χ1n) is 6.99. The molecule has 2 nitrogen and oxygen atoms in total. The molecular formula is C17H14Cl2O2Si. The Kier molecular flexibility index (Phi) is 4.13. The van der Waals surface area contributed by atoms with Gasteiger partial charge in [0, 0.05) is 6.42 Å². The van der Waals surface area contributed by atoms with E-state index in [1.54, 1.807) is 0 Å². The number of halogens is 2. The van der Waals surface area contributed by atoms with Crippen LogP contribution in [0.2, 0.25) is 6.04 Å². The number of fused-ring (bicyclic) bond motifs is 2. The number of carbonyl (C=O) groups is 1. The Morgan fingerprint density at radius 2 is 1.45 bits per heavy atom. The topological polar surface area (TPSA) is 37.3 Å². The fraction of sp³-hybridized carbons (Fsp3) is 0.118. The van der Waals surface area contributed by atoms with E-state index in [0.29, 0.717) is 6.04 Å². The number of benzene rings is 3. The zero-order valence-corrected chi connectivity index (χ0v) is 14.2. The van der Waals surface area contributed by atoms with Crippen LogP contribution >= 0.6 is 22.2 Å². The molecule has 1 N–H and O–H groups in total. The predicted molar refractivity (Wildman–Crippen MR) is 95.6 cm³/mol. The minimum atomic E-state index is -2.91. The smallest absolute Gasteiger partial charge is 0.303 e. The summed E-state index contributed by atoms with van der Waals surface area (Å²) < 4.78 is 0. The molecule has 0 saturated heterocycles. The molecule has 0 aliphatic carbocycles. The van der Waals surface area contributed by atoms with Gasteiger partial charge in [0.2, 0.25) is 0 Å². The second-order valence-electron chi connectivity index (χ2n) is 5.29. The van der Waals surface area contributed by atoms with Crippen molar-refractivity contribution >= 4 is 61.6 Å². The standard InChI is InChI=1S/C17H14Cl2O2Si/c18-22(19,10-9-16(20)21)17-14-7-3-1-5-12(14)11-13-6-2-4-8-15(13)17/h1-8,11H,9-10H2,(H,20,21). The fourth-order valence-electron chi connectivity index (χ4n) is 2.80. The molecule has 0 heterocycles. The minimum absolute atomic E-state index is 0.0171. The summed E-state index contributed by atoms with van der Waals surface area (Å²) in [6.45, 7) is -2.91. The summed E-state index contributed by atoms with van der Waals surface area (Å²) in [7, 11) is 0. The second-order valence-corrected chi connectivity index (χ2v) is 12.2. The van der Waals surface area contributed by atoms with Gasteiger partial charge in [0.15, 0.2) is 0 Å². The maximum Gasteiger partial charge on any atom is 0.303 e. The van der Waals surface area contributed by atoms with Gasteiger partial charge in [-0.25, -0.2) is 0 Å². The SMILES string of the molecule is O=C(O)CC[Si](Cl)(Cl)c1c2ccccc2cc2ccccc12. The van der Waals surface area contributed by atoms with E-state index in [1.165, 1.54) is 0 Å². The lowest BCUT2D eigenvalue weighted by Crippen LogP contribution is -2.38. The Hall–Kier alpha value is -1.55. The summed E-state index contributed by atoms with van der Waals surface area (Å²) in [4.78, 5) is 10.9. The van der Waals surface area contributed by atoms with Crippen LogP contribution in [-0.4, -0.2) is 17.8 Å². The van der Waals surface area contributed by atoms with E-state index in [4.69, 9.17) is 27.3 Å². The molecule has 22 heavy (non-hydrogen) atoms. The molecule has 3 rings (SSSR count). The highest BCUT2D eigenvalue weighted by Gasteiger charge is 2.34. The third-order valence-corrected chi connectivity index (χ3v) is 8.21. The number of aliphatic carboxylic acids is 1. The van der Waals surface area contributed by atoms with Gasteiger partial charge >= 0.3 is 5.97 Å². The van der Waals surface area contributed by atoms with E-state index in [2.05, 4.69) is 6.07 Å². The molecule has 0 bridgehead atoms. The lowest BCUT2D eigenvalue weighted by molar-refractivity contribution is -0.136. The summed E-state index contributed by atoms with van der Waals surface area (Å²) in [5.41, 5.74) is 0. The number of carboxylic acid groups (broad SMARTS) is 1. The molecule has 3 aromatic rings. The molecule has 0 fully saturated rings. The van der Waals surface area contributed by atoms with Crippen LogP contribution in [0.3, 0.4) is 0 Å². The van der Waals surface area contributed by atoms with Gasteiger partial charge in [-0.2, -0.15) is 0 Å². The van der Waals surface area contributed by atoms with Crippen molar-refractivity contribution in [2.24, 2.45) is 0 Å². The van der Waals surface area contributed by atoms with Gasteiger partial charge in [-0.05, 0) is 38.8 Å². The monoisotopic (exact) mass is 348 g/mol. The van der Waals surface area contributed by atoms with Gasteiger partial charge in [-0.1, -0.05) is 48.5 Å². The van der Waals surface area contributed by atoms with Gasteiger partial charge in [-0.3, -0.25) is 4.79 Å². The molecule has 0 aromatic heterocycles. The van der Waals surface area contributed by atoms with E-state index in [9.17, 15) is 4.79 Å². The Balaban J connectivity index is 2.30. The zero-order valence-electron chi connectivity index (χ0n) is 11.7. The van der Waals surface area contributed by atoms with E-state index in [1.807, 2.05) is 48.5 Å². The molecule has 0 aliphatic heterocycles. The van der Waals surface area contributed by atoms with Crippen molar-refractivity contribution in [1.82, 2.24) is 0 Å². The fourth-order valence-corrected chi connectivity index (χ4v) is 6.61. The molecule has 5 heteroatoms. The van der Waals surface area contributed by atoms with E-state index in [0.717, 1.165) is 26.7 Å². The Morgan fingerprint density at radius 3 is 1.95 bits per heavy atom. The van der Waals surface area contributed by atoms with Crippen molar-refractivity contribution in [1.29, 1.82) is 0 Å². The quantitative estimate of drug-likeness (QED) is 0.425. The van der Waals surface area contributed by atoms with Gasteiger partial charge in [0.05, 0.1) is 0 Å². The lowest BCUT2D eigenvalue weighted by atomic mass is 10.0. The maximum atomic E-state index is 10.9. The van der Waals surface area contributed by atoms with Crippen molar-refractivity contribution in [3.8, 4) is 0 Å².